The van der Waals surface area contributed by atoms with Gasteiger partial charge in [-0.15, -0.1) is 0 Å². The van der Waals surface area contributed by atoms with Crippen LogP contribution in [0.4, 0.5) is 10.5 Å². The monoisotopic (exact) mass is 445 g/mol. The molecule has 3 rings (SSSR count). The molecule has 1 atom stereocenters. The molecule has 0 aromatic heterocycles. The summed E-state index contributed by atoms with van der Waals surface area (Å²) >= 11 is 0. The van der Waals surface area contributed by atoms with Crippen molar-refractivity contribution in [2.45, 2.75) is 32.9 Å². The molecule has 3 aromatic rings. The largest absolute Gasteiger partial charge is 0.494 e. The third-order valence-electron chi connectivity index (χ3n) is 5.21. The molecular formula is C27H31N3O3. The molecule has 3 aromatic carbocycles. The summed E-state index contributed by atoms with van der Waals surface area (Å²) in [5.74, 6) is 0.652. The van der Waals surface area contributed by atoms with Gasteiger partial charge in [0.25, 0.3) is 0 Å². The molecule has 172 valence electrons. The highest BCUT2D eigenvalue weighted by Gasteiger charge is 2.17. The quantitative estimate of drug-likeness (QED) is 0.440. The molecule has 0 aliphatic rings. The van der Waals surface area contributed by atoms with Crippen molar-refractivity contribution < 1.29 is 14.3 Å². The van der Waals surface area contributed by atoms with Gasteiger partial charge in [-0.25, -0.2) is 4.79 Å². The highest BCUT2D eigenvalue weighted by molar-refractivity contribution is 5.89. The Balaban J connectivity index is 1.62. The van der Waals surface area contributed by atoms with Crippen LogP contribution in [0.3, 0.4) is 0 Å². The summed E-state index contributed by atoms with van der Waals surface area (Å²) in [4.78, 5) is 27.3. The highest BCUT2D eigenvalue weighted by atomic mass is 16.5. The van der Waals surface area contributed by atoms with Crippen molar-refractivity contribution in [2.75, 3.05) is 18.5 Å². The lowest BCUT2D eigenvalue weighted by molar-refractivity contribution is -0.121. The minimum Gasteiger partial charge on any atom is -0.494 e. The number of benzene rings is 3. The van der Waals surface area contributed by atoms with Gasteiger partial charge < -0.3 is 20.3 Å². The molecule has 33 heavy (non-hydrogen) atoms. The first-order valence-electron chi connectivity index (χ1n) is 11.2. The lowest BCUT2D eigenvalue weighted by Gasteiger charge is -2.24. The van der Waals surface area contributed by atoms with E-state index < -0.39 is 0 Å². The molecule has 0 aliphatic heterocycles. The van der Waals surface area contributed by atoms with Gasteiger partial charge in [0.05, 0.1) is 12.6 Å². The number of ether oxygens (including phenoxy) is 1. The van der Waals surface area contributed by atoms with Gasteiger partial charge >= 0.3 is 6.03 Å². The van der Waals surface area contributed by atoms with E-state index in [-0.39, 0.29) is 24.4 Å². The minimum absolute atomic E-state index is 0.0982. The number of hydrogen-bond acceptors (Lipinski definition) is 3. The lowest BCUT2D eigenvalue weighted by atomic mass is 10.1. The smallest absolute Gasteiger partial charge is 0.322 e. The summed E-state index contributed by atoms with van der Waals surface area (Å²) in [6.07, 6.45) is 0.209. The number of rotatable bonds is 10. The highest BCUT2D eigenvalue weighted by Crippen LogP contribution is 2.17. The molecule has 6 heteroatoms. The fourth-order valence-electron chi connectivity index (χ4n) is 3.44. The van der Waals surface area contributed by atoms with Crippen molar-refractivity contribution >= 4 is 17.6 Å². The van der Waals surface area contributed by atoms with Gasteiger partial charge in [-0.2, -0.15) is 0 Å². The van der Waals surface area contributed by atoms with E-state index in [4.69, 9.17) is 4.74 Å². The van der Waals surface area contributed by atoms with Crippen LogP contribution in [0.15, 0.2) is 84.9 Å². The number of nitrogens with one attached hydrogen (secondary N) is 2. The van der Waals surface area contributed by atoms with Crippen molar-refractivity contribution in [3.8, 4) is 5.75 Å². The molecule has 0 saturated heterocycles. The minimum atomic E-state index is -0.257. The molecule has 1 unspecified atom stereocenters. The van der Waals surface area contributed by atoms with Crippen LogP contribution in [0.25, 0.3) is 0 Å². The molecule has 0 heterocycles. The molecule has 6 nitrogen and oxygen atoms in total. The predicted molar refractivity (Wildman–Crippen MR) is 131 cm³/mol. The van der Waals surface area contributed by atoms with Crippen molar-refractivity contribution in [1.29, 1.82) is 0 Å². The van der Waals surface area contributed by atoms with Crippen LogP contribution >= 0.6 is 0 Å². The number of anilines is 1. The maximum absolute atomic E-state index is 13.0. The first kappa shape index (κ1) is 23.9. The summed E-state index contributed by atoms with van der Waals surface area (Å²) in [5.41, 5.74) is 2.71. The van der Waals surface area contributed by atoms with Crippen LogP contribution in [-0.2, 0) is 11.3 Å². The average Bonchev–Trinajstić information content (AvgIpc) is 2.84. The predicted octanol–water partition coefficient (Wildman–Crippen LogP) is 5.39. The molecule has 0 spiro atoms. The zero-order valence-corrected chi connectivity index (χ0v) is 19.2. The first-order valence-corrected chi connectivity index (χ1v) is 11.2. The van der Waals surface area contributed by atoms with Crippen molar-refractivity contribution in [3.63, 3.8) is 0 Å². The third kappa shape index (κ3) is 7.68. The van der Waals surface area contributed by atoms with Gasteiger partial charge in [0.15, 0.2) is 0 Å². The zero-order valence-electron chi connectivity index (χ0n) is 19.2. The summed E-state index contributed by atoms with van der Waals surface area (Å²) in [7, 11) is 0. The van der Waals surface area contributed by atoms with Crippen molar-refractivity contribution in [1.82, 2.24) is 10.2 Å². The summed E-state index contributed by atoms with van der Waals surface area (Å²) in [6.45, 7) is 5.17. The summed E-state index contributed by atoms with van der Waals surface area (Å²) < 4.78 is 5.45. The standard InChI is InChI=1S/C27H31N3O3/c1-3-33-25-16-14-24(15-17-25)29-27(32)30(20-22-10-6-4-7-11-22)19-18-26(31)28-21(2)23-12-8-5-9-13-23/h4-17,21H,3,18-20H2,1-2H3,(H,28,31)(H,29,32). The summed E-state index contributed by atoms with van der Waals surface area (Å²) in [5, 5.41) is 5.93. The second-order valence-electron chi connectivity index (χ2n) is 7.74. The summed E-state index contributed by atoms with van der Waals surface area (Å²) in [6, 6.07) is 26.4. The number of hydrogen-bond donors (Lipinski definition) is 2. The van der Waals surface area contributed by atoms with E-state index in [9.17, 15) is 9.59 Å². The van der Waals surface area contributed by atoms with Gasteiger partial charge in [0.1, 0.15) is 5.75 Å². The van der Waals surface area contributed by atoms with E-state index in [1.807, 2.05) is 86.6 Å². The Morgan fingerprint density at radius 3 is 2.18 bits per heavy atom. The fourth-order valence-corrected chi connectivity index (χ4v) is 3.44. The van der Waals surface area contributed by atoms with Crippen LogP contribution in [0.1, 0.15) is 37.4 Å². The van der Waals surface area contributed by atoms with Gasteiger partial charge in [0.2, 0.25) is 5.91 Å². The SMILES string of the molecule is CCOc1ccc(NC(=O)N(CCC(=O)NC(C)c2ccccc2)Cc2ccccc2)cc1. The Morgan fingerprint density at radius 2 is 1.55 bits per heavy atom. The van der Waals surface area contributed by atoms with E-state index in [0.29, 0.717) is 25.4 Å². The Morgan fingerprint density at radius 1 is 0.909 bits per heavy atom. The molecule has 3 amide bonds. The molecule has 0 radical (unpaired) electrons. The van der Waals surface area contributed by atoms with E-state index in [1.54, 1.807) is 17.0 Å². The number of carbonyl (C=O) groups is 2. The number of nitrogens with zero attached hydrogens (tertiary/aromatic N) is 1. The van der Waals surface area contributed by atoms with Crippen molar-refractivity contribution in [2.24, 2.45) is 0 Å². The lowest BCUT2D eigenvalue weighted by Crippen LogP contribution is -2.38. The van der Waals surface area contributed by atoms with Crippen LogP contribution in [0.5, 0.6) is 5.75 Å². The van der Waals surface area contributed by atoms with Gasteiger partial charge in [-0.05, 0) is 49.2 Å². The molecule has 0 fully saturated rings. The zero-order chi connectivity index (χ0) is 23.5. The second-order valence-corrected chi connectivity index (χ2v) is 7.74. The first-order chi connectivity index (χ1) is 16.0. The number of urea groups is 1. The Labute approximate surface area is 195 Å². The Hall–Kier alpha value is -3.80. The fraction of sp³-hybridized carbons (Fsp3) is 0.259. The second kappa shape index (κ2) is 12.3. The maximum Gasteiger partial charge on any atom is 0.322 e. The molecule has 0 bridgehead atoms. The molecule has 0 aliphatic carbocycles. The van der Waals surface area contributed by atoms with Gasteiger partial charge in [-0.3, -0.25) is 4.79 Å². The topological polar surface area (TPSA) is 70.7 Å². The van der Waals surface area contributed by atoms with Crippen molar-refractivity contribution in [3.05, 3.63) is 96.1 Å². The van der Waals surface area contributed by atoms with E-state index >= 15 is 0 Å². The third-order valence-corrected chi connectivity index (χ3v) is 5.21. The normalized spacial score (nSPS) is 11.3. The molecular weight excluding hydrogens is 414 g/mol. The van der Waals surface area contributed by atoms with E-state index in [0.717, 1.165) is 16.9 Å². The van der Waals surface area contributed by atoms with E-state index in [1.165, 1.54) is 0 Å². The Bertz CT molecular complexity index is 1010. The average molecular weight is 446 g/mol. The molecule has 0 saturated carbocycles. The van der Waals surface area contributed by atoms with Crippen LogP contribution < -0.4 is 15.4 Å². The van der Waals surface area contributed by atoms with Crippen LogP contribution in [-0.4, -0.2) is 30.0 Å². The maximum atomic E-state index is 13.0. The van der Waals surface area contributed by atoms with Gasteiger partial charge in [0, 0.05) is 25.2 Å². The number of amides is 3. The molecule has 2 N–H and O–H groups in total. The van der Waals surface area contributed by atoms with Crippen LogP contribution in [0, 0.1) is 0 Å². The van der Waals surface area contributed by atoms with Crippen LogP contribution in [0.2, 0.25) is 0 Å². The Kier molecular flexibility index (Phi) is 8.88. The van der Waals surface area contributed by atoms with Gasteiger partial charge in [-0.1, -0.05) is 60.7 Å². The number of carbonyl (C=O) groups excluding carboxylic acids is 2. The van der Waals surface area contributed by atoms with E-state index in [2.05, 4.69) is 10.6 Å².